The Morgan fingerprint density at radius 2 is 1.95 bits per heavy atom. The fourth-order valence-electron chi connectivity index (χ4n) is 1.84. The van der Waals surface area contributed by atoms with Crippen molar-refractivity contribution in [3.8, 4) is 6.07 Å². The van der Waals surface area contributed by atoms with Gasteiger partial charge in [-0.3, -0.25) is 4.79 Å². The maximum Gasteiger partial charge on any atom is 0.223 e. The van der Waals surface area contributed by atoms with Crippen molar-refractivity contribution < 1.29 is 13.2 Å². The van der Waals surface area contributed by atoms with E-state index in [1.807, 2.05) is 6.07 Å². The van der Waals surface area contributed by atoms with Gasteiger partial charge in [0, 0.05) is 25.7 Å². The summed E-state index contributed by atoms with van der Waals surface area (Å²) in [6.45, 7) is 3.60. The highest BCUT2D eigenvalue weighted by Gasteiger charge is 2.13. The molecule has 0 unspecified atom stereocenters. The molecular formula is C14H19N3O3S. The second-order valence-corrected chi connectivity index (χ2v) is 6.47. The van der Waals surface area contributed by atoms with E-state index in [0.29, 0.717) is 17.7 Å². The molecule has 1 aromatic carbocycles. The Balaban J connectivity index is 2.71. The molecule has 0 aliphatic heterocycles. The molecule has 0 bridgehead atoms. The number of carbonyl (C=O) groups is 1. The number of anilines is 1. The highest BCUT2D eigenvalue weighted by atomic mass is 32.2. The van der Waals surface area contributed by atoms with Gasteiger partial charge in [0.25, 0.3) is 0 Å². The Bertz CT molecular complexity index is 618. The van der Waals surface area contributed by atoms with Crippen LogP contribution in [0.2, 0.25) is 0 Å². The van der Waals surface area contributed by atoms with Crippen molar-refractivity contribution in [1.29, 1.82) is 5.26 Å². The third kappa shape index (κ3) is 5.53. The number of carbonyl (C=O) groups excluding carboxylic acids is 1. The number of benzene rings is 1. The van der Waals surface area contributed by atoms with Gasteiger partial charge in [-0.15, -0.1) is 0 Å². The van der Waals surface area contributed by atoms with Crippen molar-refractivity contribution in [3.63, 3.8) is 0 Å². The first-order chi connectivity index (χ1) is 9.89. The average molecular weight is 309 g/mol. The van der Waals surface area contributed by atoms with Gasteiger partial charge in [0.15, 0.2) is 0 Å². The zero-order chi connectivity index (χ0) is 15.9. The number of amides is 1. The van der Waals surface area contributed by atoms with Gasteiger partial charge in [-0.05, 0) is 30.7 Å². The number of rotatable bonds is 7. The lowest BCUT2D eigenvalue weighted by molar-refractivity contribution is -0.116. The molecule has 1 aromatic rings. The lowest BCUT2D eigenvalue weighted by atomic mass is 10.2. The number of hydrogen-bond donors (Lipinski definition) is 1. The van der Waals surface area contributed by atoms with Crippen molar-refractivity contribution in [3.05, 3.63) is 29.8 Å². The molecule has 6 nitrogen and oxygen atoms in total. The van der Waals surface area contributed by atoms with Gasteiger partial charge in [-0.2, -0.15) is 5.26 Å². The van der Waals surface area contributed by atoms with Crippen LogP contribution in [0.15, 0.2) is 24.3 Å². The van der Waals surface area contributed by atoms with Crippen LogP contribution < -0.4 is 9.62 Å². The SMILES string of the molecule is CCCS(=O)(=O)NCCN(C(C)=O)c1ccc(C#N)cc1. The smallest absolute Gasteiger partial charge is 0.223 e. The molecular weight excluding hydrogens is 290 g/mol. The van der Waals surface area contributed by atoms with Crippen molar-refractivity contribution in [1.82, 2.24) is 4.72 Å². The van der Waals surface area contributed by atoms with Crippen LogP contribution in [-0.2, 0) is 14.8 Å². The quantitative estimate of drug-likeness (QED) is 0.820. The summed E-state index contributed by atoms with van der Waals surface area (Å²) in [5, 5.41) is 8.75. The third-order valence-corrected chi connectivity index (χ3v) is 4.41. The number of nitrogens with zero attached hydrogens (tertiary/aromatic N) is 2. The van der Waals surface area contributed by atoms with Gasteiger partial charge in [-0.25, -0.2) is 13.1 Å². The van der Waals surface area contributed by atoms with E-state index in [4.69, 9.17) is 5.26 Å². The first-order valence-corrected chi connectivity index (χ1v) is 8.30. The first-order valence-electron chi connectivity index (χ1n) is 6.65. The Kier molecular flexibility index (Phi) is 6.34. The van der Waals surface area contributed by atoms with Crippen LogP contribution in [0.4, 0.5) is 5.69 Å². The number of sulfonamides is 1. The fraction of sp³-hybridized carbons (Fsp3) is 0.429. The van der Waals surface area contributed by atoms with E-state index in [2.05, 4.69) is 4.72 Å². The van der Waals surface area contributed by atoms with E-state index in [-0.39, 0.29) is 24.7 Å². The maximum atomic E-state index is 11.7. The van der Waals surface area contributed by atoms with E-state index < -0.39 is 10.0 Å². The largest absolute Gasteiger partial charge is 0.311 e. The maximum absolute atomic E-state index is 11.7. The summed E-state index contributed by atoms with van der Waals surface area (Å²) in [5.74, 6) is -0.112. The van der Waals surface area contributed by atoms with Gasteiger partial charge in [0.05, 0.1) is 17.4 Å². The summed E-state index contributed by atoms with van der Waals surface area (Å²) in [5.41, 5.74) is 1.14. The summed E-state index contributed by atoms with van der Waals surface area (Å²) in [7, 11) is -3.28. The number of nitrogens with one attached hydrogen (secondary N) is 1. The molecule has 0 spiro atoms. The highest BCUT2D eigenvalue weighted by Crippen LogP contribution is 2.15. The second kappa shape index (κ2) is 7.76. The van der Waals surface area contributed by atoms with Crippen LogP contribution in [0.3, 0.4) is 0 Å². The van der Waals surface area contributed by atoms with E-state index >= 15 is 0 Å². The van der Waals surface area contributed by atoms with Gasteiger partial charge in [0.2, 0.25) is 15.9 Å². The Labute approximate surface area is 125 Å². The topological polar surface area (TPSA) is 90.3 Å². The van der Waals surface area contributed by atoms with Crippen LogP contribution in [0.1, 0.15) is 25.8 Å². The van der Waals surface area contributed by atoms with Gasteiger partial charge < -0.3 is 4.90 Å². The van der Waals surface area contributed by atoms with Crippen molar-refractivity contribution >= 4 is 21.6 Å². The normalized spacial score (nSPS) is 10.9. The summed E-state index contributed by atoms with van der Waals surface area (Å²) in [6.07, 6.45) is 0.543. The molecule has 1 rings (SSSR count). The number of nitriles is 1. The zero-order valence-corrected chi connectivity index (χ0v) is 13.0. The van der Waals surface area contributed by atoms with Crippen molar-refractivity contribution in [2.45, 2.75) is 20.3 Å². The van der Waals surface area contributed by atoms with Gasteiger partial charge in [0.1, 0.15) is 0 Å². The minimum Gasteiger partial charge on any atom is -0.311 e. The summed E-state index contributed by atoms with van der Waals surface area (Å²) in [4.78, 5) is 13.1. The van der Waals surface area contributed by atoms with Crippen LogP contribution in [0.5, 0.6) is 0 Å². The molecule has 0 aliphatic rings. The van der Waals surface area contributed by atoms with E-state index in [1.54, 1.807) is 31.2 Å². The summed E-state index contributed by atoms with van der Waals surface area (Å²) >= 11 is 0. The Hall–Kier alpha value is -1.91. The van der Waals surface area contributed by atoms with Crippen molar-refractivity contribution in [2.24, 2.45) is 0 Å². The highest BCUT2D eigenvalue weighted by molar-refractivity contribution is 7.89. The lowest BCUT2D eigenvalue weighted by Gasteiger charge is -2.21. The van der Waals surface area contributed by atoms with Crippen LogP contribution in [0, 0.1) is 11.3 Å². The molecule has 1 amide bonds. The zero-order valence-electron chi connectivity index (χ0n) is 12.2. The fourth-order valence-corrected chi connectivity index (χ4v) is 2.92. The molecule has 0 fully saturated rings. The lowest BCUT2D eigenvalue weighted by Crippen LogP contribution is -2.38. The van der Waals surface area contributed by atoms with Crippen LogP contribution in [-0.4, -0.2) is 33.2 Å². The molecule has 0 saturated carbocycles. The average Bonchev–Trinajstić information content (AvgIpc) is 2.43. The molecule has 7 heteroatoms. The molecule has 0 aliphatic carbocycles. The standard InChI is InChI=1S/C14H19N3O3S/c1-3-10-21(19,20)16-8-9-17(12(2)18)14-6-4-13(11-15)5-7-14/h4-7,16H,3,8-10H2,1-2H3. The second-order valence-electron chi connectivity index (χ2n) is 4.54. The molecule has 0 heterocycles. The predicted molar refractivity (Wildman–Crippen MR) is 81.3 cm³/mol. The Morgan fingerprint density at radius 3 is 2.43 bits per heavy atom. The summed E-state index contributed by atoms with van der Waals surface area (Å²) < 4.78 is 25.6. The monoisotopic (exact) mass is 309 g/mol. The molecule has 114 valence electrons. The number of hydrogen-bond acceptors (Lipinski definition) is 4. The third-order valence-electron chi connectivity index (χ3n) is 2.82. The molecule has 0 radical (unpaired) electrons. The predicted octanol–water partition coefficient (Wildman–Crippen LogP) is 1.24. The molecule has 0 aromatic heterocycles. The van der Waals surface area contributed by atoms with Gasteiger partial charge >= 0.3 is 0 Å². The Morgan fingerprint density at radius 1 is 1.33 bits per heavy atom. The van der Waals surface area contributed by atoms with E-state index in [0.717, 1.165) is 0 Å². The molecule has 0 atom stereocenters. The minimum atomic E-state index is -3.28. The summed E-state index contributed by atoms with van der Waals surface area (Å²) in [6, 6.07) is 8.57. The van der Waals surface area contributed by atoms with E-state index in [9.17, 15) is 13.2 Å². The molecule has 21 heavy (non-hydrogen) atoms. The molecule has 0 saturated heterocycles. The molecule has 1 N–H and O–H groups in total. The van der Waals surface area contributed by atoms with Crippen LogP contribution >= 0.6 is 0 Å². The van der Waals surface area contributed by atoms with E-state index in [1.165, 1.54) is 11.8 Å². The first kappa shape index (κ1) is 17.1. The minimum absolute atomic E-state index is 0.0734. The van der Waals surface area contributed by atoms with Crippen molar-refractivity contribution in [2.75, 3.05) is 23.7 Å². The van der Waals surface area contributed by atoms with Crippen LogP contribution in [0.25, 0.3) is 0 Å². The van der Waals surface area contributed by atoms with Gasteiger partial charge in [-0.1, -0.05) is 6.92 Å².